The molecule has 0 radical (unpaired) electrons. The van der Waals surface area contributed by atoms with Crippen molar-refractivity contribution >= 4 is 18.6 Å². The zero-order valence-corrected chi connectivity index (χ0v) is 13.8. The van der Waals surface area contributed by atoms with Gasteiger partial charge >= 0.3 is 10.5 Å². The molecule has 0 heterocycles. The van der Waals surface area contributed by atoms with Crippen LogP contribution in [-0.4, -0.2) is 16.5 Å². The molecule has 0 atom stereocenters. The van der Waals surface area contributed by atoms with E-state index in [1.54, 1.807) is 13.0 Å². The van der Waals surface area contributed by atoms with Crippen molar-refractivity contribution in [2.45, 2.75) is 33.1 Å². The molecule has 0 fully saturated rings. The van der Waals surface area contributed by atoms with Gasteiger partial charge in [-0.15, -0.1) is 5.54 Å². The standard InChI is InChI=1S/C13H18FNO3SSi/c1-10-12(5-6-20(2,3)4)7-11(9-15)8-13(10)18-19(14,16)17/h7-8H,9,15H2,1-4H3. The molecule has 7 heteroatoms. The van der Waals surface area contributed by atoms with Gasteiger partial charge in [-0.25, -0.2) is 0 Å². The van der Waals surface area contributed by atoms with Crippen LogP contribution in [0, 0.1) is 18.4 Å². The average molecular weight is 315 g/mol. The first-order valence-electron chi connectivity index (χ1n) is 6.02. The molecule has 0 amide bonds. The van der Waals surface area contributed by atoms with Crippen LogP contribution in [-0.2, 0) is 17.0 Å². The maximum absolute atomic E-state index is 12.7. The first-order chi connectivity index (χ1) is 9.02. The van der Waals surface area contributed by atoms with E-state index >= 15 is 0 Å². The Hall–Kier alpha value is -1.36. The van der Waals surface area contributed by atoms with Gasteiger partial charge in [0.05, 0.1) is 0 Å². The summed E-state index contributed by atoms with van der Waals surface area (Å²) in [6.45, 7) is 8.09. The van der Waals surface area contributed by atoms with Gasteiger partial charge in [-0.2, -0.15) is 8.42 Å². The lowest BCUT2D eigenvalue weighted by Crippen LogP contribution is -2.16. The van der Waals surface area contributed by atoms with Gasteiger partial charge < -0.3 is 9.92 Å². The second-order valence-electron chi connectivity index (χ2n) is 5.45. The van der Waals surface area contributed by atoms with Gasteiger partial charge in [0.2, 0.25) is 0 Å². The Bertz CT molecular complexity index is 669. The van der Waals surface area contributed by atoms with E-state index in [4.69, 9.17) is 5.73 Å². The number of nitrogens with two attached hydrogens (primary N) is 1. The molecule has 0 aromatic heterocycles. The van der Waals surface area contributed by atoms with Crippen molar-refractivity contribution in [2.24, 2.45) is 5.73 Å². The van der Waals surface area contributed by atoms with Crippen LogP contribution in [0.15, 0.2) is 12.1 Å². The summed E-state index contributed by atoms with van der Waals surface area (Å²) in [4.78, 5) is 0. The summed E-state index contributed by atoms with van der Waals surface area (Å²) in [5.41, 5.74) is 10.4. The summed E-state index contributed by atoms with van der Waals surface area (Å²) < 4.78 is 38.3. The smallest absolute Gasteiger partial charge is 0.358 e. The predicted octanol–water partition coefficient (Wildman–Crippen LogP) is 2.28. The molecular weight excluding hydrogens is 297 g/mol. The van der Waals surface area contributed by atoms with Gasteiger partial charge in [-0.05, 0) is 24.6 Å². The first-order valence-corrected chi connectivity index (χ1v) is 10.8. The van der Waals surface area contributed by atoms with Crippen molar-refractivity contribution in [3.05, 3.63) is 28.8 Å². The Kier molecular flexibility index (Phi) is 4.97. The van der Waals surface area contributed by atoms with Crippen molar-refractivity contribution in [3.63, 3.8) is 0 Å². The van der Waals surface area contributed by atoms with Crippen LogP contribution in [0.5, 0.6) is 5.75 Å². The molecule has 0 bridgehead atoms. The van der Waals surface area contributed by atoms with E-state index in [-0.39, 0.29) is 12.3 Å². The Labute approximate surface area is 120 Å². The average Bonchev–Trinajstić information content (AvgIpc) is 2.27. The molecule has 0 aliphatic heterocycles. The van der Waals surface area contributed by atoms with Gasteiger partial charge in [-0.3, -0.25) is 0 Å². The summed E-state index contributed by atoms with van der Waals surface area (Å²) in [7, 11) is -6.65. The Balaban J connectivity index is 3.37. The molecule has 2 N–H and O–H groups in total. The van der Waals surface area contributed by atoms with Crippen LogP contribution in [0.3, 0.4) is 0 Å². The zero-order chi connectivity index (χ0) is 15.6. The van der Waals surface area contributed by atoms with Crippen molar-refractivity contribution in [1.29, 1.82) is 0 Å². The SMILES string of the molecule is Cc1c(C#C[Si](C)(C)C)cc(CN)cc1OS(=O)(=O)F. The molecule has 1 aromatic rings. The third kappa shape index (κ3) is 5.33. The van der Waals surface area contributed by atoms with Gasteiger partial charge in [0.1, 0.15) is 13.8 Å². The lowest BCUT2D eigenvalue weighted by molar-refractivity contribution is 0.438. The fourth-order valence-corrected chi connectivity index (χ4v) is 2.34. The van der Waals surface area contributed by atoms with Crippen LogP contribution in [0.4, 0.5) is 3.89 Å². The second kappa shape index (κ2) is 5.95. The minimum Gasteiger partial charge on any atom is -0.358 e. The molecule has 0 aliphatic rings. The Morgan fingerprint density at radius 2 is 1.95 bits per heavy atom. The van der Waals surface area contributed by atoms with Crippen LogP contribution in [0.25, 0.3) is 0 Å². The van der Waals surface area contributed by atoms with Crippen LogP contribution in [0.1, 0.15) is 16.7 Å². The van der Waals surface area contributed by atoms with E-state index in [2.05, 4.69) is 35.3 Å². The molecule has 0 aliphatic carbocycles. The third-order valence-electron chi connectivity index (χ3n) is 2.42. The van der Waals surface area contributed by atoms with E-state index in [0.29, 0.717) is 16.7 Å². The molecule has 4 nitrogen and oxygen atoms in total. The topological polar surface area (TPSA) is 69.4 Å². The fourth-order valence-electron chi connectivity index (χ4n) is 1.44. The molecule has 0 saturated heterocycles. The summed E-state index contributed by atoms with van der Waals surface area (Å²) >= 11 is 0. The van der Waals surface area contributed by atoms with Crippen LogP contribution >= 0.6 is 0 Å². The highest BCUT2D eigenvalue weighted by Crippen LogP contribution is 2.25. The minimum atomic E-state index is -5.07. The number of benzene rings is 1. The van der Waals surface area contributed by atoms with Gasteiger partial charge in [0.25, 0.3) is 0 Å². The van der Waals surface area contributed by atoms with E-state index in [1.807, 2.05) is 0 Å². The maximum Gasteiger partial charge on any atom is 0.488 e. The summed E-state index contributed by atoms with van der Waals surface area (Å²) in [6.07, 6.45) is 0. The highest BCUT2D eigenvalue weighted by molar-refractivity contribution is 7.81. The van der Waals surface area contributed by atoms with Crippen molar-refractivity contribution < 1.29 is 16.5 Å². The molecule has 20 heavy (non-hydrogen) atoms. The van der Waals surface area contributed by atoms with E-state index in [0.717, 1.165) is 0 Å². The normalized spacial score (nSPS) is 11.7. The van der Waals surface area contributed by atoms with Gasteiger partial charge in [0, 0.05) is 17.7 Å². The second-order valence-corrected chi connectivity index (χ2v) is 11.1. The summed E-state index contributed by atoms with van der Waals surface area (Å²) in [5.74, 6) is 2.94. The molecular formula is C13H18FNO3SSi. The van der Waals surface area contributed by atoms with E-state index in [9.17, 15) is 12.3 Å². The number of halogens is 1. The molecule has 0 saturated carbocycles. The lowest BCUT2D eigenvalue weighted by Gasteiger charge is -2.10. The number of hydrogen-bond donors (Lipinski definition) is 1. The van der Waals surface area contributed by atoms with Crippen molar-refractivity contribution in [1.82, 2.24) is 0 Å². The Morgan fingerprint density at radius 1 is 1.35 bits per heavy atom. The van der Waals surface area contributed by atoms with Crippen LogP contribution in [0.2, 0.25) is 19.6 Å². The Morgan fingerprint density at radius 3 is 2.40 bits per heavy atom. The fraction of sp³-hybridized carbons (Fsp3) is 0.385. The molecule has 110 valence electrons. The predicted molar refractivity (Wildman–Crippen MR) is 80.0 cm³/mol. The number of rotatable bonds is 3. The molecule has 0 spiro atoms. The minimum absolute atomic E-state index is 0.0738. The van der Waals surface area contributed by atoms with Crippen molar-refractivity contribution in [3.8, 4) is 17.2 Å². The van der Waals surface area contributed by atoms with Crippen molar-refractivity contribution in [2.75, 3.05) is 0 Å². The van der Waals surface area contributed by atoms with Gasteiger partial charge in [-0.1, -0.05) is 29.4 Å². The third-order valence-corrected chi connectivity index (χ3v) is 3.67. The van der Waals surface area contributed by atoms with E-state index < -0.39 is 18.6 Å². The maximum atomic E-state index is 12.7. The highest BCUT2D eigenvalue weighted by Gasteiger charge is 2.15. The first kappa shape index (κ1) is 16.7. The summed E-state index contributed by atoms with van der Waals surface area (Å²) in [6, 6.07) is 3.17. The quantitative estimate of drug-likeness (QED) is 0.528. The highest BCUT2D eigenvalue weighted by atomic mass is 32.3. The molecule has 0 unspecified atom stereocenters. The monoisotopic (exact) mass is 315 g/mol. The summed E-state index contributed by atoms with van der Waals surface area (Å²) in [5, 5.41) is 0. The molecule has 1 aromatic carbocycles. The lowest BCUT2D eigenvalue weighted by atomic mass is 10.0. The number of hydrogen-bond acceptors (Lipinski definition) is 4. The van der Waals surface area contributed by atoms with E-state index in [1.165, 1.54) is 6.07 Å². The van der Waals surface area contributed by atoms with Crippen LogP contribution < -0.4 is 9.92 Å². The largest absolute Gasteiger partial charge is 0.488 e. The molecule has 1 rings (SSSR count). The zero-order valence-electron chi connectivity index (χ0n) is 12.0. The van der Waals surface area contributed by atoms with Gasteiger partial charge in [0.15, 0.2) is 0 Å².